The molecule has 2 aromatic carbocycles. The van der Waals surface area contributed by atoms with Crippen LogP contribution in [0.5, 0.6) is 5.75 Å². The van der Waals surface area contributed by atoms with Crippen molar-refractivity contribution in [3.8, 4) is 5.75 Å². The first-order valence-electron chi connectivity index (χ1n) is 11.2. The molecule has 6 heteroatoms. The topological polar surface area (TPSA) is 70.1 Å². The molecule has 1 N–H and O–H groups in total. The second kappa shape index (κ2) is 9.79. The zero-order valence-electron chi connectivity index (χ0n) is 20.4. The lowest BCUT2D eigenvalue weighted by Crippen LogP contribution is -2.32. The van der Waals surface area contributed by atoms with Crippen molar-refractivity contribution in [2.75, 3.05) is 34.3 Å². The molecule has 2 aromatic rings. The lowest BCUT2D eigenvalue weighted by molar-refractivity contribution is -0.139. The molecule has 1 fully saturated rings. The van der Waals surface area contributed by atoms with Gasteiger partial charge in [-0.15, -0.1) is 0 Å². The molecule has 1 heterocycles. The summed E-state index contributed by atoms with van der Waals surface area (Å²) >= 11 is 0. The van der Waals surface area contributed by atoms with E-state index in [9.17, 15) is 14.7 Å². The lowest BCUT2D eigenvalue weighted by atomic mass is 9.84. The van der Waals surface area contributed by atoms with E-state index >= 15 is 0 Å². The van der Waals surface area contributed by atoms with Crippen molar-refractivity contribution in [1.29, 1.82) is 0 Å². The van der Waals surface area contributed by atoms with Gasteiger partial charge < -0.3 is 19.6 Å². The highest BCUT2D eigenvalue weighted by atomic mass is 16.5. The van der Waals surface area contributed by atoms with Crippen molar-refractivity contribution < 1.29 is 19.4 Å². The standard InChI is InChI=1S/C27H34N2O4/c1-27(2,3)20-17-19(13-14-21(20)33-6)24(30)22-23(18-11-8-7-9-12-18)29(26(32)25(22)31)16-10-15-28(4)5/h7-9,11-14,17,23,30H,10,15-16H2,1-6H3/b24-22-. The summed E-state index contributed by atoms with van der Waals surface area (Å²) in [6.45, 7) is 7.39. The van der Waals surface area contributed by atoms with Crippen LogP contribution in [0.15, 0.2) is 54.1 Å². The number of ether oxygens (including phenoxy) is 1. The minimum absolute atomic E-state index is 0.126. The van der Waals surface area contributed by atoms with Crippen molar-refractivity contribution in [3.63, 3.8) is 0 Å². The molecule has 176 valence electrons. The number of benzene rings is 2. The molecule has 0 aromatic heterocycles. The maximum atomic E-state index is 13.2. The number of rotatable bonds is 7. The summed E-state index contributed by atoms with van der Waals surface area (Å²) in [5.41, 5.74) is 2.09. The number of methoxy groups -OCH3 is 1. The van der Waals surface area contributed by atoms with Crippen LogP contribution in [0.3, 0.4) is 0 Å². The number of Topliss-reactive ketones (excluding diaryl/α,β-unsaturated/α-hetero) is 1. The van der Waals surface area contributed by atoms with Gasteiger partial charge in [0.25, 0.3) is 11.7 Å². The molecule has 1 unspecified atom stereocenters. The Morgan fingerprint density at radius 3 is 2.33 bits per heavy atom. The van der Waals surface area contributed by atoms with Gasteiger partial charge in [-0.1, -0.05) is 51.1 Å². The second-order valence-corrected chi connectivity index (χ2v) is 9.73. The SMILES string of the molecule is COc1ccc(/C(O)=C2/C(=O)C(=O)N(CCCN(C)C)C2c2ccccc2)cc1C(C)(C)C. The van der Waals surface area contributed by atoms with Gasteiger partial charge in [0, 0.05) is 17.7 Å². The normalized spacial score (nSPS) is 18.3. The molecule has 0 radical (unpaired) electrons. The molecule has 33 heavy (non-hydrogen) atoms. The van der Waals surface area contributed by atoms with Crippen LogP contribution in [0.25, 0.3) is 5.76 Å². The number of nitrogens with zero attached hydrogens (tertiary/aromatic N) is 2. The fraction of sp³-hybridized carbons (Fsp3) is 0.407. The quantitative estimate of drug-likeness (QED) is 0.385. The average Bonchev–Trinajstić information content (AvgIpc) is 3.03. The molecule has 0 saturated carbocycles. The van der Waals surface area contributed by atoms with Crippen molar-refractivity contribution in [1.82, 2.24) is 9.80 Å². The summed E-state index contributed by atoms with van der Waals surface area (Å²) in [6.07, 6.45) is 0.722. The summed E-state index contributed by atoms with van der Waals surface area (Å²) in [4.78, 5) is 29.8. The van der Waals surface area contributed by atoms with Crippen molar-refractivity contribution in [2.24, 2.45) is 0 Å². The van der Waals surface area contributed by atoms with Crippen molar-refractivity contribution in [3.05, 3.63) is 70.8 Å². The van der Waals surface area contributed by atoms with Gasteiger partial charge in [0.2, 0.25) is 0 Å². The Kier molecular flexibility index (Phi) is 7.28. The molecular weight excluding hydrogens is 416 g/mol. The molecule has 1 saturated heterocycles. The maximum absolute atomic E-state index is 13.2. The van der Waals surface area contributed by atoms with Gasteiger partial charge >= 0.3 is 0 Å². The van der Waals surface area contributed by atoms with E-state index in [2.05, 4.69) is 20.8 Å². The Morgan fingerprint density at radius 2 is 1.76 bits per heavy atom. The summed E-state index contributed by atoms with van der Waals surface area (Å²) < 4.78 is 5.51. The van der Waals surface area contributed by atoms with Gasteiger partial charge in [-0.25, -0.2) is 0 Å². The number of ketones is 1. The molecule has 1 amide bonds. The zero-order chi connectivity index (χ0) is 24.3. The number of aliphatic hydroxyl groups excluding tert-OH is 1. The zero-order valence-corrected chi connectivity index (χ0v) is 20.4. The summed E-state index contributed by atoms with van der Waals surface area (Å²) in [5, 5.41) is 11.4. The molecule has 3 rings (SSSR count). The Bertz CT molecular complexity index is 1050. The molecule has 0 aliphatic carbocycles. The van der Waals surface area contributed by atoms with Gasteiger partial charge in [0.1, 0.15) is 11.5 Å². The number of hydrogen-bond donors (Lipinski definition) is 1. The van der Waals surface area contributed by atoms with Gasteiger partial charge in [0.15, 0.2) is 0 Å². The molecule has 6 nitrogen and oxygen atoms in total. The lowest BCUT2D eigenvalue weighted by Gasteiger charge is -2.26. The van der Waals surface area contributed by atoms with Crippen molar-refractivity contribution in [2.45, 2.75) is 38.6 Å². The number of hydrogen-bond acceptors (Lipinski definition) is 5. The van der Waals surface area contributed by atoms with E-state index < -0.39 is 17.7 Å². The molecule has 1 aliphatic rings. The summed E-state index contributed by atoms with van der Waals surface area (Å²) in [6, 6.07) is 14.1. The third-order valence-corrected chi connectivity index (χ3v) is 5.94. The Labute approximate surface area is 196 Å². The van der Waals surface area contributed by atoms with Crippen molar-refractivity contribution >= 4 is 17.4 Å². The maximum Gasteiger partial charge on any atom is 0.295 e. The van der Waals surface area contributed by atoms with E-state index in [4.69, 9.17) is 4.74 Å². The monoisotopic (exact) mass is 450 g/mol. The van der Waals surface area contributed by atoms with Gasteiger partial charge in [-0.3, -0.25) is 9.59 Å². The van der Waals surface area contributed by atoms with E-state index in [0.717, 1.165) is 24.1 Å². The van der Waals surface area contributed by atoms with E-state index in [0.29, 0.717) is 17.9 Å². The van der Waals surface area contributed by atoms with Crippen LogP contribution in [0, 0.1) is 0 Å². The van der Waals surface area contributed by atoms with Crippen LogP contribution in [-0.2, 0) is 15.0 Å². The summed E-state index contributed by atoms with van der Waals surface area (Å²) in [5.74, 6) is -0.679. The largest absolute Gasteiger partial charge is 0.507 e. The first-order valence-corrected chi connectivity index (χ1v) is 11.2. The first-order chi connectivity index (χ1) is 15.6. The van der Waals surface area contributed by atoms with Gasteiger partial charge in [0.05, 0.1) is 18.7 Å². The van der Waals surface area contributed by atoms with Crippen LogP contribution in [-0.4, -0.2) is 60.9 Å². The second-order valence-electron chi connectivity index (χ2n) is 9.73. The first kappa shape index (κ1) is 24.5. The predicted octanol–water partition coefficient (Wildman–Crippen LogP) is 4.37. The van der Waals surface area contributed by atoms with E-state index in [1.807, 2.05) is 55.4 Å². The fourth-order valence-corrected chi connectivity index (χ4v) is 4.25. The summed E-state index contributed by atoms with van der Waals surface area (Å²) in [7, 11) is 5.55. The Morgan fingerprint density at radius 1 is 1.09 bits per heavy atom. The highest BCUT2D eigenvalue weighted by Gasteiger charge is 2.45. The smallest absolute Gasteiger partial charge is 0.295 e. The van der Waals surface area contributed by atoms with Crippen LogP contribution >= 0.6 is 0 Å². The third-order valence-electron chi connectivity index (χ3n) is 5.94. The highest BCUT2D eigenvalue weighted by Crippen LogP contribution is 2.41. The van der Waals surface area contributed by atoms with E-state index in [1.54, 1.807) is 24.1 Å². The molecule has 0 bridgehead atoms. The highest BCUT2D eigenvalue weighted by molar-refractivity contribution is 6.46. The van der Waals surface area contributed by atoms with Gasteiger partial charge in [-0.2, -0.15) is 0 Å². The Balaban J connectivity index is 2.14. The Hall–Kier alpha value is -3.12. The van der Waals surface area contributed by atoms with Crippen LogP contribution in [0.1, 0.15) is 49.9 Å². The van der Waals surface area contributed by atoms with E-state index in [1.165, 1.54) is 0 Å². The minimum atomic E-state index is -0.653. The number of carbonyl (C=O) groups excluding carboxylic acids is 2. The van der Waals surface area contributed by atoms with Gasteiger partial charge in [-0.05, 0) is 56.2 Å². The predicted molar refractivity (Wildman–Crippen MR) is 130 cm³/mol. The number of carbonyl (C=O) groups is 2. The van der Waals surface area contributed by atoms with Crippen LogP contribution < -0.4 is 4.74 Å². The third kappa shape index (κ3) is 5.11. The van der Waals surface area contributed by atoms with Crippen LogP contribution in [0.2, 0.25) is 0 Å². The number of amides is 1. The number of aliphatic hydroxyl groups is 1. The average molecular weight is 451 g/mol. The molecule has 1 atom stereocenters. The molecule has 0 spiro atoms. The fourth-order valence-electron chi connectivity index (χ4n) is 4.25. The molecular formula is C27H34N2O4. The number of likely N-dealkylation sites (tertiary alicyclic amines) is 1. The minimum Gasteiger partial charge on any atom is -0.507 e. The van der Waals surface area contributed by atoms with E-state index in [-0.39, 0.29) is 16.7 Å². The molecule has 1 aliphatic heterocycles. The van der Waals surface area contributed by atoms with Crippen LogP contribution in [0.4, 0.5) is 0 Å².